The van der Waals surface area contributed by atoms with Crippen LogP contribution in [-0.4, -0.2) is 58.8 Å². The van der Waals surface area contributed by atoms with Crippen LogP contribution in [0.1, 0.15) is 34.9 Å². The molecule has 2 heterocycles. The largest absolute Gasteiger partial charge is 0.444 e. The molecule has 11 heteroatoms. The highest BCUT2D eigenvalue weighted by Gasteiger charge is 2.23. The Kier molecular flexibility index (Phi) is 13.0. The number of thiazole rings is 2. The molecule has 0 aliphatic heterocycles. The highest BCUT2D eigenvalue weighted by molar-refractivity contribution is 7.09. The number of carbonyl (C=O) groups is 2. The summed E-state index contributed by atoms with van der Waals surface area (Å²) in [7, 11) is 0. The third-order valence-electron chi connectivity index (χ3n) is 6.51. The number of nitrogens with zero attached hydrogens (tertiary/aromatic N) is 3. The van der Waals surface area contributed by atoms with E-state index in [1.807, 2.05) is 41.8 Å². The third-order valence-corrected chi connectivity index (χ3v) is 8.02. The van der Waals surface area contributed by atoms with Gasteiger partial charge in [-0.25, -0.2) is 14.6 Å². The van der Waals surface area contributed by atoms with Gasteiger partial charge >= 0.3 is 12.2 Å². The number of alkyl carbamates (subject to hydrolysis) is 2. The van der Waals surface area contributed by atoms with Gasteiger partial charge in [0.1, 0.15) is 18.2 Å². The van der Waals surface area contributed by atoms with Crippen LogP contribution in [-0.2, 0) is 35.5 Å². The highest BCUT2D eigenvalue weighted by atomic mass is 32.1. The van der Waals surface area contributed by atoms with Crippen molar-refractivity contribution in [2.45, 2.75) is 52.0 Å². The number of rotatable bonds is 16. The second kappa shape index (κ2) is 17.3. The first-order valence-corrected chi connectivity index (χ1v) is 16.1. The van der Waals surface area contributed by atoms with Crippen molar-refractivity contribution in [3.8, 4) is 0 Å². The van der Waals surface area contributed by atoms with Gasteiger partial charge in [0, 0.05) is 49.5 Å². The molecule has 228 valence electrons. The average Bonchev–Trinajstić information content (AvgIpc) is 3.70. The smallest absolute Gasteiger partial charge is 0.407 e. The van der Waals surface area contributed by atoms with E-state index in [-0.39, 0.29) is 25.3 Å². The van der Waals surface area contributed by atoms with Crippen LogP contribution in [0.5, 0.6) is 0 Å². The van der Waals surface area contributed by atoms with Crippen LogP contribution >= 0.6 is 22.7 Å². The van der Waals surface area contributed by atoms with Gasteiger partial charge in [0.2, 0.25) is 0 Å². The molecular formula is C32H39N5O4S2. The van der Waals surface area contributed by atoms with Gasteiger partial charge in [-0.1, -0.05) is 74.5 Å². The van der Waals surface area contributed by atoms with E-state index in [0.717, 1.165) is 27.6 Å². The zero-order valence-corrected chi connectivity index (χ0v) is 26.2. The topological polar surface area (TPSA) is 106 Å². The number of carbonyl (C=O) groups excluding carboxylic acids is 2. The number of amides is 2. The molecule has 0 saturated heterocycles. The lowest BCUT2D eigenvalue weighted by Crippen LogP contribution is -2.51. The highest BCUT2D eigenvalue weighted by Crippen LogP contribution is 2.13. The molecule has 2 amide bonds. The van der Waals surface area contributed by atoms with E-state index in [4.69, 9.17) is 9.47 Å². The summed E-state index contributed by atoms with van der Waals surface area (Å²) in [4.78, 5) is 37.2. The Morgan fingerprint density at radius 3 is 1.88 bits per heavy atom. The second-order valence-electron chi connectivity index (χ2n) is 10.7. The summed E-state index contributed by atoms with van der Waals surface area (Å²) in [5.41, 5.74) is 3.94. The molecule has 0 fully saturated rings. The maximum Gasteiger partial charge on any atom is 0.407 e. The Bertz CT molecular complexity index is 1240. The van der Waals surface area contributed by atoms with Crippen molar-refractivity contribution in [1.82, 2.24) is 25.5 Å². The molecule has 0 unspecified atom stereocenters. The summed E-state index contributed by atoms with van der Waals surface area (Å²) in [6, 6.07) is 19.7. The molecule has 0 radical (unpaired) electrons. The van der Waals surface area contributed by atoms with Gasteiger partial charge in [-0.05, 0) is 29.9 Å². The monoisotopic (exact) mass is 621 g/mol. The van der Waals surface area contributed by atoms with Crippen LogP contribution < -0.4 is 10.6 Å². The Morgan fingerprint density at radius 2 is 1.40 bits per heavy atom. The minimum absolute atomic E-state index is 0.129. The van der Waals surface area contributed by atoms with Gasteiger partial charge in [0.15, 0.2) is 0 Å². The van der Waals surface area contributed by atoms with Crippen LogP contribution in [0.4, 0.5) is 9.59 Å². The van der Waals surface area contributed by atoms with Crippen LogP contribution in [0.3, 0.4) is 0 Å². The SMILES string of the molecule is CC(C)CN(C[C@@H](Cc1ccccc1)NC(=O)OCc1nccs1)C[C@H](Cc1ccccc1)NC(=O)OCc1cncs1. The Labute approximate surface area is 261 Å². The van der Waals surface area contributed by atoms with E-state index in [1.165, 1.54) is 22.7 Å². The van der Waals surface area contributed by atoms with Gasteiger partial charge in [-0.3, -0.25) is 9.88 Å². The van der Waals surface area contributed by atoms with Gasteiger partial charge in [0.05, 0.1) is 10.4 Å². The summed E-state index contributed by atoms with van der Waals surface area (Å²) in [6.07, 6.45) is 3.71. The maximum atomic E-state index is 12.9. The molecule has 2 aromatic carbocycles. The normalized spacial score (nSPS) is 12.6. The van der Waals surface area contributed by atoms with Crippen molar-refractivity contribution in [2.75, 3.05) is 19.6 Å². The predicted molar refractivity (Wildman–Crippen MR) is 170 cm³/mol. The predicted octanol–water partition coefficient (Wildman–Crippen LogP) is 5.93. The first-order valence-electron chi connectivity index (χ1n) is 14.4. The Hall–Kier alpha value is -3.80. The lowest BCUT2D eigenvalue weighted by atomic mass is 10.0. The van der Waals surface area contributed by atoms with E-state index in [9.17, 15) is 9.59 Å². The number of nitrogens with one attached hydrogen (secondary N) is 2. The lowest BCUT2D eigenvalue weighted by molar-refractivity contribution is 0.124. The standard InChI is InChI=1S/C32H39N5O4S2/c1-24(2)18-37(19-27(15-25-9-5-3-6-10-25)35-31(38)40-21-29-17-33-23-43-29)20-28(16-26-11-7-4-8-12-26)36-32(39)41-22-30-34-13-14-42-30/h3-14,17,23-24,27-28H,15-16,18-22H2,1-2H3,(H,35,38)(H,36,39)/t27-,28+/m0/s1. The number of ether oxygens (including phenoxy) is 2. The number of hydrogen-bond acceptors (Lipinski definition) is 9. The molecule has 43 heavy (non-hydrogen) atoms. The van der Waals surface area contributed by atoms with Crippen molar-refractivity contribution in [2.24, 2.45) is 5.92 Å². The Morgan fingerprint density at radius 1 is 0.814 bits per heavy atom. The summed E-state index contributed by atoms with van der Waals surface area (Å²) in [5.74, 6) is 0.366. The molecule has 4 rings (SSSR count). The third kappa shape index (κ3) is 12.1. The van der Waals surface area contributed by atoms with Gasteiger partial charge in [-0.15, -0.1) is 22.7 Å². The van der Waals surface area contributed by atoms with E-state index in [2.05, 4.69) is 63.6 Å². The Balaban J connectivity index is 1.46. The number of benzene rings is 2. The fourth-order valence-corrected chi connectivity index (χ4v) is 5.83. The summed E-state index contributed by atoms with van der Waals surface area (Å²) < 4.78 is 11.0. The van der Waals surface area contributed by atoms with Gasteiger partial charge in [-0.2, -0.15) is 0 Å². The zero-order valence-electron chi connectivity index (χ0n) is 24.6. The zero-order chi connectivity index (χ0) is 30.3. The van der Waals surface area contributed by atoms with Gasteiger partial charge in [0.25, 0.3) is 0 Å². The molecule has 2 aromatic heterocycles. The van der Waals surface area contributed by atoms with Crippen LogP contribution in [0.15, 0.2) is 83.9 Å². The second-order valence-corrected chi connectivity index (χ2v) is 12.7. The van der Waals surface area contributed by atoms with Crippen molar-refractivity contribution in [3.63, 3.8) is 0 Å². The molecular weight excluding hydrogens is 583 g/mol. The van der Waals surface area contributed by atoms with Crippen molar-refractivity contribution < 1.29 is 19.1 Å². The first kappa shape index (κ1) is 32.1. The van der Waals surface area contributed by atoms with Crippen molar-refractivity contribution in [1.29, 1.82) is 0 Å². The molecule has 0 aliphatic rings. The van der Waals surface area contributed by atoms with Crippen molar-refractivity contribution >= 4 is 34.9 Å². The molecule has 4 aromatic rings. The van der Waals surface area contributed by atoms with Crippen LogP contribution in [0.2, 0.25) is 0 Å². The first-order chi connectivity index (χ1) is 20.9. The fraction of sp³-hybridized carbons (Fsp3) is 0.375. The van der Waals surface area contributed by atoms with Gasteiger partial charge < -0.3 is 20.1 Å². The van der Waals surface area contributed by atoms with Crippen molar-refractivity contribution in [3.05, 3.63) is 105 Å². The van der Waals surface area contributed by atoms with Crippen LogP contribution in [0, 0.1) is 5.92 Å². The summed E-state index contributed by atoms with van der Waals surface area (Å²) in [5, 5.41) is 8.78. The molecule has 0 spiro atoms. The molecule has 0 aliphatic carbocycles. The minimum atomic E-state index is -0.480. The van der Waals surface area contributed by atoms with Crippen LogP contribution in [0.25, 0.3) is 0 Å². The van der Waals surface area contributed by atoms with E-state index < -0.39 is 12.2 Å². The van der Waals surface area contributed by atoms with E-state index >= 15 is 0 Å². The summed E-state index contributed by atoms with van der Waals surface area (Å²) in [6.45, 7) is 6.56. The minimum Gasteiger partial charge on any atom is -0.444 e. The lowest BCUT2D eigenvalue weighted by Gasteiger charge is -2.32. The molecule has 9 nitrogen and oxygen atoms in total. The quantitative estimate of drug-likeness (QED) is 0.160. The fourth-order valence-electron chi connectivity index (χ4n) is 4.80. The molecule has 2 atom stereocenters. The molecule has 0 saturated carbocycles. The maximum absolute atomic E-state index is 12.9. The summed E-state index contributed by atoms with van der Waals surface area (Å²) >= 11 is 2.89. The average molecular weight is 622 g/mol. The van der Waals surface area contributed by atoms with E-state index in [0.29, 0.717) is 31.8 Å². The van der Waals surface area contributed by atoms with E-state index in [1.54, 1.807) is 17.9 Å². The number of hydrogen-bond donors (Lipinski definition) is 2. The molecule has 0 bridgehead atoms. The molecule has 2 N–H and O–H groups in total. The number of aromatic nitrogens is 2.